The fourth-order valence-corrected chi connectivity index (χ4v) is 3.19. The minimum atomic E-state index is 0.0154. The highest BCUT2D eigenvalue weighted by atomic mass is 16.2. The van der Waals surface area contributed by atoms with Gasteiger partial charge < -0.3 is 15.5 Å². The van der Waals surface area contributed by atoms with Gasteiger partial charge in [-0.25, -0.2) is 0 Å². The van der Waals surface area contributed by atoms with E-state index in [1.165, 1.54) is 25.7 Å². The van der Waals surface area contributed by atoms with Crippen molar-refractivity contribution in [3.05, 3.63) is 23.8 Å². The summed E-state index contributed by atoms with van der Waals surface area (Å²) in [7, 11) is 5.63. The van der Waals surface area contributed by atoms with Gasteiger partial charge in [-0.3, -0.25) is 4.79 Å². The molecule has 1 aliphatic carbocycles. The molecule has 0 aromatic heterocycles. The van der Waals surface area contributed by atoms with E-state index in [-0.39, 0.29) is 5.91 Å². The molecule has 116 valence electrons. The summed E-state index contributed by atoms with van der Waals surface area (Å²) in [5, 5.41) is 0. The van der Waals surface area contributed by atoms with Gasteiger partial charge in [0.05, 0.1) is 11.4 Å². The third kappa shape index (κ3) is 3.49. The molecule has 21 heavy (non-hydrogen) atoms. The molecule has 0 radical (unpaired) electrons. The van der Waals surface area contributed by atoms with E-state index in [4.69, 9.17) is 5.73 Å². The number of carbonyl (C=O) groups excluding carboxylic acids is 1. The van der Waals surface area contributed by atoms with Crippen LogP contribution in [0.2, 0.25) is 0 Å². The number of carbonyl (C=O) groups is 1. The lowest BCUT2D eigenvalue weighted by Gasteiger charge is -2.36. The van der Waals surface area contributed by atoms with Crippen LogP contribution >= 0.6 is 0 Å². The third-order valence-corrected chi connectivity index (χ3v) is 4.52. The molecular weight excluding hydrogens is 262 g/mol. The van der Waals surface area contributed by atoms with Crippen molar-refractivity contribution in [1.82, 2.24) is 4.90 Å². The van der Waals surface area contributed by atoms with Crippen LogP contribution in [0.4, 0.5) is 11.4 Å². The lowest BCUT2D eigenvalue weighted by atomic mass is 9.86. The van der Waals surface area contributed by atoms with E-state index in [1.54, 1.807) is 25.1 Å². The van der Waals surface area contributed by atoms with E-state index in [9.17, 15) is 4.79 Å². The van der Waals surface area contributed by atoms with Crippen LogP contribution in [-0.4, -0.2) is 38.0 Å². The Balaban J connectivity index is 2.25. The lowest BCUT2D eigenvalue weighted by Crippen LogP contribution is -2.36. The SMILES string of the molecule is CC1CCCC(N(C)c2cc(C(=O)N(C)C)ccc2N)C1. The summed E-state index contributed by atoms with van der Waals surface area (Å²) in [5.74, 6) is 0.778. The first-order valence-corrected chi connectivity index (χ1v) is 7.74. The number of benzene rings is 1. The van der Waals surface area contributed by atoms with E-state index in [2.05, 4.69) is 18.9 Å². The van der Waals surface area contributed by atoms with Gasteiger partial charge in [-0.2, -0.15) is 0 Å². The largest absolute Gasteiger partial charge is 0.397 e. The summed E-state index contributed by atoms with van der Waals surface area (Å²) in [4.78, 5) is 16.0. The average molecular weight is 289 g/mol. The third-order valence-electron chi connectivity index (χ3n) is 4.52. The van der Waals surface area contributed by atoms with E-state index in [0.717, 1.165) is 17.3 Å². The summed E-state index contributed by atoms with van der Waals surface area (Å²) in [5.41, 5.74) is 8.55. The van der Waals surface area contributed by atoms with E-state index < -0.39 is 0 Å². The van der Waals surface area contributed by atoms with Gasteiger partial charge in [0, 0.05) is 32.7 Å². The summed E-state index contributed by atoms with van der Waals surface area (Å²) in [6.45, 7) is 2.31. The fraction of sp³-hybridized carbons (Fsp3) is 0.588. The second kappa shape index (κ2) is 6.37. The Morgan fingerprint density at radius 2 is 1.95 bits per heavy atom. The zero-order chi connectivity index (χ0) is 15.6. The van der Waals surface area contributed by atoms with Crippen LogP contribution in [0, 0.1) is 5.92 Å². The molecule has 1 aliphatic rings. The summed E-state index contributed by atoms with van der Waals surface area (Å²) < 4.78 is 0. The molecule has 2 rings (SSSR count). The molecule has 0 bridgehead atoms. The summed E-state index contributed by atoms with van der Waals surface area (Å²) in [6, 6.07) is 6.09. The maximum atomic E-state index is 12.1. The maximum absolute atomic E-state index is 12.1. The molecule has 2 N–H and O–H groups in total. The minimum absolute atomic E-state index is 0.0154. The lowest BCUT2D eigenvalue weighted by molar-refractivity contribution is 0.0827. The van der Waals surface area contributed by atoms with Crippen LogP contribution in [-0.2, 0) is 0 Å². The predicted molar refractivity (Wildman–Crippen MR) is 88.7 cm³/mol. The summed E-state index contributed by atoms with van der Waals surface area (Å²) in [6.07, 6.45) is 4.99. The molecule has 1 saturated carbocycles. The summed E-state index contributed by atoms with van der Waals surface area (Å²) >= 11 is 0. The molecule has 2 atom stereocenters. The Morgan fingerprint density at radius 1 is 1.24 bits per heavy atom. The van der Waals surface area contributed by atoms with Crippen molar-refractivity contribution in [2.24, 2.45) is 5.92 Å². The number of nitrogens with two attached hydrogens (primary N) is 1. The van der Waals surface area contributed by atoms with Gasteiger partial charge in [-0.1, -0.05) is 19.8 Å². The van der Waals surface area contributed by atoms with Crippen molar-refractivity contribution in [3.63, 3.8) is 0 Å². The number of nitrogen functional groups attached to an aromatic ring is 1. The molecule has 0 aliphatic heterocycles. The molecule has 4 heteroatoms. The molecule has 0 spiro atoms. The van der Waals surface area contributed by atoms with Gasteiger partial charge in [0.2, 0.25) is 0 Å². The molecule has 2 unspecified atom stereocenters. The number of hydrogen-bond acceptors (Lipinski definition) is 3. The van der Waals surface area contributed by atoms with Crippen molar-refractivity contribution in [2.75, 3.05) is 31.8 Å². The van der Waals surface area contributed by atoms with Crippen LogP contribution in [0.1, 0.15) is 43.0 Å². The van der Waals surface area contributed by atoms with Crippen LogP contribution in [0.5, 0.6) is 0 Å². The number of rotatable bonds is 3. The molecule has 4 nitrogen and oxygen atoms in total. The van der Waals surface area contributed by atoms with Crippen molar-refractivity contribution < 1.29 is 4.79 Å². The Hall–Kier alpha value is -1.71. The minimum Gasteiger partial charge on any atom is -0.397 e. The standard InChI is InChI=1S/C17H27N3O/c1-12-6-5-7-14(10-12)20(4)16-11-13(8-9-15(16)18)17(21)19(2)3/h8-9,11-12,14H,5-7,10,18H2,1-4H3. The van der Waals surface area contributed by atoms with Crippen LogP contribution in [0.15, 0.2) is 18.2 Å². The molecule has 1 aromatic carbocycles. The van der Waals surface area contributed by atoms with Crippen molar-refractivity contribution in [2.45, 2.75) is 38.6 Å². The number of amides is 1. The first-order valence-electron chi connectivity index (χ1n) is 7.74. The van der Waals surface area contributed by atoms with Gasteiger partial charge in [-0.15, -0.1) is 0 Å². The number of nitrogens with zero attached hydrogens (tertiary/aromatic N) is 2. The average Bonchev–Trinajstić information content (AvgIpc) is 2.46. The normalized spacial score (nSPS) is 21.9. The van der Waals surface area contributed by atoms with Crippen molar-refractivity contribution in [1.29, 1.82) is 0 Å². The molecule has 1 fully saturated rings. The zero-order valence-electron chi connectivity index (χ0n) is 13.6. The first-order chi connectivity index (χ1) is 9.90. The number of hydrogen-bond donors (Lipinski definition) is 1. The van der Waals surface area contributed by atoms with E-state index in [0.29, 0.717) is 11.6 Å². The highest BCUT2D eigenvalue weighted by molar-refractivity contribution is 5.96. The quantitative estimate of drug-likeness (QED) is 0.870. The topological polar surface area (TPSA) is 49.6 Å². The van der Waals surface area contributed by atoms with Gasteiger partial charge in [-0.05, 0) is 37.0 Å². The van der Waals surface area contributed by atoms with Gasteiger partial charge in [0.25, 0.3) is 5.91 Å². The highest BCUT2D eigenvalue weighted by Gasteiger charge is 2.24. The van der Waals surface area contributed by atoms with Crippen LogP contribution in [0.25, 0.3) is 0 Å². The van der Waals surface area contributed by atoms with Crippen molar-refractivity contribution in [3.8, 4) is 0 Å². The molecule has 1 amide bonds. The van der Waals surface area contributed by atoms with Crippen molar-refractivity contribution >= 4 is 17.3 Å². The van der Waals surface area contributed by atoms with Crippen LogP contribution < -0.4 is 10.6 Å². The van der Waals surface area contributed by atoms with E-state index >= 15 is 0 Å². The second-order valence-electron chi connectivity index (χ2n) is 6.51. The Morgan fingerprint density at radius 3 is 2.57 bits per heavy atom. The maximum Gasteiger partial charge on any atom is 0.253 e. The fourth-order valence-electron chi connectivity index (χ4n) is 3.19. The van der Waals surface area contributed by atoms with Crippen LogP contribution in [0.3, 0.4) is 0 Å². The highest BCUT2D eigenvalue weighted by Crippen LogP contribution is 2.32. The van der Waals surface area contributed by atoms with E-state index in [1.807, 2.05) is 12.1 Å². The predicted octanol–water partition coefficient (Wildman–Crippen LogP) is 2.99. The van der Waals surface area contributed by atoms with Gasteiger partial charge in [0.15, 0.2) is 0 Å². The molecule has 0 saturated heterocycles. The Kier molecular flexibility index (Phi) is 4.76. The van der Waals surface area contributed by atoms with Gasteiger partial charge >= 0.3 is 0 Å². The molecule has 0 heterocycles. The Bertz CT molecular complexity index is 513. The zero-order valence-corrected chi connectivity index (χ0v) is 13.6. The molecule has 1 aromatic rings. The second-order valence-corrected chi connectivity index (χ2v) is 6.51. The molecular formula is C17H27N3O. The van der Waals surface area contributed by atoms with Gasteiger partial charge in [0.1, 0.15) is 0 Å². The monoisotopic (exact) mass is 289 g/mol. The first kappa shape index (κ1) is 15.7. The number of anilines is 2. The Labute approximate surface area is 127 Å². The smallest absolute Gasteiger partial charge is 0.253 e.